The number of rotatable bonds is 5. The molecule has 1 N–H and O–H groups in total. The number of hydrogen-bond acceptors (Lipinski definition) is 5. The summed E-state index contributed by atoms with van der Waals surface area (Å²) in [4.78, 5) is 15.0. The highest BCUT2D eigenvalue weighted by atomic mass is 19.4. The second-order valence-electron chi connectivity index (χ2n) is 4.23. The van der Waals surface area contributed by atoms with Gasteiger partial charge in [0.15, 0.2) is 5.78 Å². The van der Waals surface area contributed by atoms with E-state index in [0.29, 0.717) is 11.1 Å². The first-order valence-corrected chi connectivity index (χ1v) is 6.10. The molecular weight excluding hydrogens is 299 g/mol. The molecule has 0 radical (unpaired) electrons. The van der Waals surface area contributed by atoms with Crippen LogP contribution in [0.15, 0.2) is 28.8 Å². The van der Waals surface area contributed by atoms with E-state index in [9.17, 15) is 18.0 Å². The number of Topliss-reactive ketones (excluding diaryl/α,β-unsaturated/α-hetero) is 1. The molecule has 2 rings (SSSR count). The molecule has 0 saturated heterocycles. The minimum atomic E-state index is -4.69. The van der Waals surface area contributed by atoms with Crippen LogP contribution in [0.4, 0.5) is 13.2 Å². The minimum Gasteiger partial charge on any atom is -0.329 e. The lowest BCUT2D eigenvalue weighted by Gasteiger charge is -2.02. The quantitative estimate of drug-likeness (QED) is 0.521. The zero-order valence-electron chi connectivity index (χ0n) is 11.1. The summed E-state index contributed by atoms with van der Waals surface area (Å²) in [5.74, 6) is 0.535. The van der Waals surface area contributed by atoms with Crippen molar-refractivity contribution in [1.29, 1.82) is 0 Å². The first-order valence-electron chi connectivity index (χ1n) is 6.10. The third kappa shape index (κ3) is 3.71. The molecule has 0 atom stereocenters. The van der Waals surface area contributed by atoms with Gasteiger partial charge >= 0.3 is 12.1 Å². The van der Waals surface area contributed by atoms with Gasteiger partial charge in [-0.25, -0.2) is 0 Å². The zero-order valence-corrected chi connectivity index (χ0v) is 11.1. The normalized spacial score (nSPS) is 11.2. The van der Waals surface area contributed by atoms with E-state index in [1.807, 2.05) is 0 Å². The van der Waals surface area contributed by atoms with Gasteiger partial charge < -0.3 is 4.52 Å². The number of alkyl halides is 3. The number of carbonyl (C=O) groups excluding carboxylic acids is 1. The number of nitrogens with zero attached hydrogens (tertiary/aromatic N) is 2. The SMILES string of the molecule is C#CCNCC(=O)c1ccc(-c2noc(C(F)(F)F)n2)cc1. The molecule has 1 aromatic carbocycles. The van der Waals surface area contributed by atoms with Crippen LogP contribution in [0.3, 0.4) is 0 Å². The maximum Gasteiger partial charge on any atom is 0.471 e. The molecule has 0 fully saturated rings. The molecule has 0 aliphatic rings. The van der Waals surface area contributed by atoms with Crippen LogP contribution in [0, 0.1) is 12.3 Å². The number of hydrogen-bond donors (Lipinski definition) is 1. The van der Waals surface area contributed by atoms with Crippen molar-refractivity contribution in [2.75, 3.05) is 13.1 Å². The number of carbonyl (C=O) groups is 1. The molecule has 1 aromatic heterocycles. The Bertz CT molecular complexity index is 699. The summed E-state index contributed by atoms with van der Waals surface area (Å²) in [7, 11) is 0. The van der Waals surface area contributed by atoms with Crippen LogP contribution < -0.4 is 5.32 Å². The number of nitrogens with one attached hydrogen (secondary N) is 1. The summed E-state index contributed by atoms with van der Waals surface area (Å²) in [6, 6.07) is 5.83. The minimum absolute atomic E-state index is 0.0734. The van der Waals surface area contributed by atoms with Gasteiger partial charge in [0.2, 0.25) is 5.82 Å². The molecule has 8 heteroatoms. The number of ketones is 1. The predicted octanol–water partition coefficient (Wildman–Crippen LogP) is 2.16. The number of halogens is 3. The van der Waals surface area contributed by atoms with Gasteiger partial charge in [-0.3, -0.25) is 10.1 Å². The van der Waals surface area contributed by atoms with E-state index in [1.54, 1.807) is 0 Å². The third-order valence-corrected chi connectivity index (χ3v) is 2.65. The first kappa shape index (κ1) is 15.7. The van der Waals surface area contributed by atoms with Gasteiger partial charge in [-0.2, -0.15) is 18.2 Å². The highest BCUT2D eigenvalue weighted by Crippen LogP contribution is 2.29. The Hall–Kier alpha value is -2.66. The molecule has 0 saturated carbocycles. The lowest BCUT2D eigenvalue weighted by atomic mass is 10.1. The molecule has 0 unspecified atom stereocenters. The van der Waals surface area contributed by atoms with Crippen LogP contribution in [0.5, 0.6) is 0 Å². The van der Waals surface area contributed by atoms with E-state index in [2.05, 4.69) is 25.9 Å². The number of benzene rings is 1. The molecular formula is C14H10F3N3O2. The maximum absolute atomic E-state index is 12.4. The molecule has 0 aliphatic heterocycles. The van der Waals surface area contributed by atoms with Crippen molar-refractivity contribution in [1.82, 2.24) is 15.5 Å². The Morgan fingerprint density at radius 3 is 2.55 bits per heavy atom. The molecule has 0 amide bonds. The van der Waals surface area contributed by atoms with Crippen molar-refractivity contribution >= 4 is 5.78 Å². The van der Waals surface area contributed by atoms with Crippen LogP contribution >= 0.6 is 0 Å². The summed E-state index contributed by atoms with van der Waals surface area (Å²) in [6.45, 7) is 0.344. The van der Waals surface area contributed by atoms with Crippen LogP contribution in [0.1, 0.15) is 16.2 Å². The third-order valence-electron chi connectivity index (χ3n) is 2.65. The number of aromatic nitrogens is 2. The summed E-state index contributed by atoms with van der Waals surface area (Å²) in [5.41, 5.74) is 0.709. The van der Waals surface area contributed by atoms with Gasteiger partial charge in [0.25, 0.3) is 0 Å². The van der Waals surface area contributed by atoms with Gasteiger partial charge in [0.1, 0.15) is 0 Å². The highest BCUT2D eigenvalue weighted by molar-refractivity contribution is 5.97. The van der Waals surface area contributed by atoms with E-state index in [0.717, 1.165) is 0 Å². The predicted molar refractivity (Wildman–Crippen MR) is 70.8 cm³/mol. The van der Waals surface area contributed by atoms with E-state index in [-0.39, 0.29) is 24.7 Å². The standard InChI is InChI=1S/C14H10F3N3O2/c1-2-7-18-8-11(21)9-3-5-10(6-4-9)12-19-13(22-20-12)14(15,16)17/h1,3-6,18H,7-8H2. The second-order valence-corrected chi connectivity index (χ2v) is 4.23. The summed E-state index contributed by atoms with van der Waals surface area (Å²) < 4.78 is 41.3. The van der Waals surface area contributed by atoms with E-state index < -0.39 is 12.1 Å². The van der Waals surface area contributed by atoms with E-state index in [4.69, 9.17) is 6.42 Å². The van der Waals surface area contributed by atoms with E-state index >= 15 is 0 Å². The largest absolute Gasteiger partial charge is 0.471 e. The van der Waals surface area contributed by atoms with Crippen LogP contribution in [0.2, 0.25) is 0 Å². The fourth-order valence-electron chi connectivity index (χ4n) is 1.61. The molecule has 0 aliphatic carbocycles. The Morgan fingerprint density at radius 2 is 2.00 bits per heavy atom. The van der Waals surface area contributed by atoms with Gasteiger partial charge in [-0.05, 0) is 0 Å². The van der Waals surface area contributed by atoms with Crippen molar-refractivity contribution in [3.05, 3.63) is 35.7 Å². The molecule has 1 heterocycles. The van der Waals surface area contributed by atoms with Crippen LogP contribution in [-0.4, -0.2) is 29.0 Å². The second kappa shape index (κ2) is 6.41. The topological polar surface area (TPSA) is 68.0 Å². The number of terminal acetylenes is 1. The van der Waals surface area contributed by atoms with Gasteiger partial charge in [0, 0.05) is 11.1 Å². The Balaban J connectivity index is 2.10. The monoisotopic (exact) mass is 309 g/mol. The van der Waals surface area contributed by atoms with Gasteiger partial charge in [-0.15, -0.1) is 6.42 Å². The average Bonchev–Trinajstić information content (AvgIpc) is 2.97. The summed E-state index contributed by atoms with van der Waals surface area (Å²) in [6.07, 6.45) is 0.353. The van der Waals surface area contributed by atoms with Crippen molar-refractivity contribution in [2.45, 2.75) is 6.18 Å². The Kier molecular flexibility index (Phi) is 4.58. The molecule has 22 heavy (non-hydrogen) atoms. The fourth-order valence-corrected chi connectivity index (χ4v) is 1.61. The van der Waals surface area contributed by atoms with Crippen LogP contribution in [0.25, 0.3) is 11.4 Å². The van der Waals surface area contributed by atoms with Gasteiger partial charge in [0.05, 0.1) is 13.1 Å². The summed E-state index contributed by atoms with van der Waals surface area (Å²) >= 11 is 0. The zero-order chi connectivity index (χ0) is 16.2. The Labute approximate surface area is 123 Å². The van der Waals surface area contributed by atoms with E-state index in [1.165, 1.54) is 24.3 Å². The highest BCUT2D eigenvalue weighted by Gasteiger charge is 2.38. The summed E-state index contributed by atoms with van der Waals surface area (Å²) in [5, 5.41) is 6.01. The smallest absolute Gasteiger partial charge is 0.329 e. The molecule has 0 spiro atoms. The van der Waals surface area contributed by atoms with Crippen LogP contribution in [-0.2, 0) is 6.18 Å². The molecule has 2 aromatic rings. The molecule has 0 bridgehead atoms. The van der Waals surface area contributed by atoms with Crippen molar-refractivity contribution < 1.29 is 22.5 Å². The van der Waals surface area contributed by atoms with Gasteiger partial charge in [-0.1, -0.05) is 35.3 Å². The Morgan fingerprint density at radius 1 is 1.32 bits per heavy atom. The van der Waals surface area contributed by atoms with Crippen molar-refractivity contribution in [3.8, 4) is 23.7 Å². The van der Waals surface area contributed by atoms with Crippen molar-refractivity contribution in [3.63, 3.8) is 0 Å². The van der Waals surface area contributed by atoms with Crippen molar-refractivity contribution in [2.24, 2.45) is 0 Å². The first-order chi connectivity index (χ1) is 10.4. The molecule has 114 valence electrons. The lowest BCUT2D eigenvalue weighted by Crippen LogP contribution is -2.23. The average molecular weight is 309 g/mol. The maximum atomic E-state index is 12.4. The molecule has 5 nitrogen and oxygen atoms in total. The lowest BCUT2D eigenvalue weighted by molar-refractivity contribution is -0.159. The fraction of sp³-hybridized carbons (Fsp3) is 0.214.